The minimum absolute atomic E-state index is 0.345. The predicted octanol–water partition coefficient (Wildman–Crippen LogP) is -0.323. The number of β-amino-alcohol motifs (C(OH)–C–C–N with tert-alkyl or cyclic N) is 2. The monoisotopic (exact) mass is 224 g/mol. The fourth-order valence-electron chi connectivity index (χ4n) is 1.94. The van der Waals surface area contributed by atoms with E-state index >= 15 is 0 Å². The van der Waals surface area contributed by atoms with Crippen LogP contribution in [0.15, 0.2) is 18.3 Å². The molecule has 5 nitrogen and oxygen atoms in total. The van der Waals surface area contributed by atoms with Gasteiger partial charge in [0.1, 0.15) is 5.82 Å². The molecule has 3 unspecified atom stereocenters. The standard InChI is InChI=1S/C11H16N2O3/c1-7(14)8-3-2-4-12-11(8)13-5-9(15)10(16)6-13/h2-4,7,9-10,14-16H,5-6H2,1H3. The van der Waals surface area contributed by atoms with Crippen molar-refractivity contribution in [2.75, 3.05) is 18.0 Å². The summed E-state index contributed by atoms with van der Waals surface area (Å²) < 4.78 is 0. The third-order valence-corrected chi connectivity index (χ3v) is 2.83. The van der Waals surface area contributed by atoms with E-state index in [-0.39, 0.29) is 0 Å². The molecule has 3 atom stereocenters. The van der Waals surface area contributed by atoms with E-state index in [0.717, 1.165) is 0 Å². The molecule has 16 heavy (non-hydrogen) atoms. The van der Waals surface area contributed by atoms with Gasteiger partial charge in [-0.2, -0.15) is 0 Å². The van der Waals surface area contributed by atoms with Crippen LogP contribution in [-0.4, -0.2) is 45.6 Å². The lowest BCUT2D eigenvalue weighted by Crippen LogP contribution is -2.24. The molecule has 0 aliphatic carbocycles. The van der Waals surface area contributed by atoms with E-state index in [9.17, 15) is 15.3 Å². The summed E-state index contributed by atoms with van der Waals surface area (Å²) in [5, 5.41) is 28.6. The average molecular weight is 224 g/mol. The second-order valence-electron chi connectivity index (χ2n) is 4.13. The summed E-state index contributed by atoms with van der Waals surface area (Å²) in [5.41, 5.74) is 0.712. The molecule has 0 bridgehead atoms. The molecule has 3 N–H and O–H groups in total. The molecule has 1 aliphatic heterocycles. The van der Waals surface area contributed by atoms with Gasteiger partial charge in [-0.1, -0.05) is 6.07 Å². The highest BCUT2D eigenvalue weighted by atomic mass is 16.3. The van der Waals surface area contributed by atoms with Crippen molar-refractivity contribution in [3.63, 3.8) is 0 Å². The van der Waals surface area contributed by atoms with Crippen molar-refractivity contribution >= 4 is 5.82 Å². The minimum atomic E-state index is -0.746. The Morgan fingerprint density at radius 1 is 1.38 bits per heavy atom. The molecule has 1 saturated heterocycles. The van der Waals surface area contributed by atoms with Crippen LogP contribution >= 0.6 is 0 Å². The summed E-state index contributed by atoms with van der Waals surface area (Å²) in [6, 6.07) is 3.55. The summed E-state index contributed by atoms with van der Waals surface area (Å²) in [7, 11) is 0. The average Bonchev–Trinajstić information content (AvgIpc) is 2.59. The Hall–Kier alpha value is -1.17. The zero-order chi connectivity index (χ0) is 11.7. The number of nitrogens with zero attached hydrogens (tertiary/aromatic N) is 2. The second-order valence-corrected chi connectivity index (χ2v) is 4.13. The lowest BCUT2D eigenvalue weighted by Gasteiger charge is -2.20. The van der Waals surface area contributed by atoms with Gasteiger partial charge >= 0.3 is 0 Å². The quantitative estimate of drug-likeness (QED) is 0.641. The molecule has 1 aromatic heterocycles. The van der Waals surface area contributed by atoms with Gasteiger partial charge in [-0.3, -0.25) is 0 Å². The van der Waals surface area contributed by atoms with Crippen LogP contribution in [-0.2, 0) is 0 Å². The number of rotatable bonds is 2. The molecule has 1 aliphatic rings. The second kappa shape index (κ2) is 4.37. The summed E-state index contributed by atoms with van der Waals surface area (Å²) in [4.78, 5) is 5.98. The Morgan fingerprint density at radius 2 is 2.00 bits per heavy atom. The van der Waals surface area contributed by atoms with Crippen LogP contribution in [0.25, 0.3) is 0 Å². The first-order valence-corrected chi connectivity index (χ1v) is 5.33. The number of hydrogen-bond acceptors (Lipinski definition) is 5. The molecule has 0 radical (unpaired) electrons. The molecule has 2 rings (SSSR count). The van der Waals surface area contributed by atoms with Crippen molar-refractivity contribution in [1.82, 2.24) is 4.98 Å². The SMILES string of the molecule is CC(O)c1cccnc1N1CC(O)C(O)C1. The van der Waals surface area contributed by atoms with Crippen LogP contribution in [0, 0.1) is 0 Å². The number of aliphatic hydroxyl groups is 3. The molecule has 0 amide bonds. The fourth-order valence-corrected chi connectivity index (χ4v) is 1.94. The first-order chi connectivity index (χ1) is 7.59. The van der Waals surface area contributed by atoms with E-state index in [1.54, 1.807) is 30.2 Å². The predicted molar refractivity (Wildman–Crippen MR) is 59.1 cm³/mol. The summed E-state index contributed by atoms with van der Waals surface area (Å²) >= 11 is 0. The maximum atomic E-state index is 9.61. The van der Waals surface area contributed by atoms with Gasteiger partial charge in [0.15, 0.2) is 0 Å². The molecule has 0 aromatic carbocycles. The minimum Gasteiger partial charge on any atom is -0.389 e. The van der Waals surface area contributed by atoms with Gasteiger partial charge in [-0.05, 0) is 13.0 Å². The normalized spacial score (nSPS) is 27.1. The van der Waals surface area contributed by atoms with E-state index in [0.29, 0.717) is 24.5 Å². The molecular formula is C11H16N2O3. The summed E-state index contributed by atoms with van der Waals surface area (Å²) in [5.74, 6) is 0.633. The lowest BCUT2D eigenvalue weighted by molar-refractivity contribution is 0.0572. The third-order valence-electron chi connectivity index (χ3n) is 2.83. The molecule has 1 aromatic rings. The highest BCUT2D eigenvalue weighted by Gasteiger charge is 2.31. The molecular weight excluding hydrogens is 208 g/mol. The van der Waals surface area contributed by atoms with E-state index in [1.165, 1.54) is 0 Å². The van der Waals surface area contributed by atoms with E-state index in [1.807, 2.05) is 0 Å². The van der Waals surface area contributed by atoms with Crippen molar-refractivity contribution in [3.8, 4) is 0 Å². The fraction of sp³-hybridized carbons (Fsp3) is 0.545. The van der Waals surface area contributed by atoms with Gasteiger partial charge in [0.05, 0.1) is 18.3 Å². The van der Waals surface area contributed by atoms with Gasteiger partial charge in [0.25, 0.3) is 0 Å². The van der Waals surface area contributed by atoms with Gasteiger partial charge in [0.2, 0.25) is 0 Å². The highest BCUT2D eigenvalue weighted by molar-refractivity contribution is 5.49. The first-order valence-electron chi connectivity index (χ1n) is 5.33. The summed E-state index contributed by atoms with van der Waals surface area (Å²) in [6.45, 7) is 2.36. The smallest absolute Gasteiger partial charge is 0.134 e. The lowest BCUT2D eigenvalue weighted by atomic mass is 10.1. The van der Waals surface area contributed by atoms with Gasteiger partial charge in [-0.25, -0.2) is 4.98 Å². The van der Waals surface area contributed by atoms with Crippen LogP contribution in [0.3, 0.4) is 0 Å². The maximum absolute atomic E-state index is 9.61. The van der Waals surface area contributed by atoms with Crippen LogP contribution in [0.4, 0.5) is 5.82 Å². The largest absolute Gasteiger partial charge is 0.389 e. The number of aromatic nitrogens is 1. The molecule has 0 spiro atoms. The number of pyridine rings is 1. The van der Waals surface area contributed by atoms with Crippen LogP contribution in [0.2, 0.25) is 0 Å². The van der Waals surface area contributed by atoms with Crippen molar-refractivity contribution in [1.29, 1.82) is 0 Å². The Kier molecular flexibility index (Phi) is 3.09. The van der Waals surface area contributed by atoms with E-state index in [4.69, 9.17) is 0 Å². The molecule has 88 valence electrons. The molecule has 5 heteroatoms. The molecule has 0 saturated carbocycles. The topological polar surface area (TPSA) is 76.8 Å². The molecule has 1 fully saturated rings. The Bertz CT molecular complexity index is 360. The zero-order valence-electron chi connectivity index (χ0n) is 9.11. The zero-order valence-corrected chi connectivity index (χ0v) is 9.11. The Morgan fingerprint density at radius 3 is 2.56 bits per heavy atom. The van der Waals surface area contributed by atoms with Crippen molar-refractivity contribution in [2.24, 2.45) is 0 Å². The van der Waals surface area contributed by atoms with Crippen LogP contribution < -0.4 is 4.90 Å². The van der Waals surface area contributed by atoms with Crippen LogP contribution in [0.5, 0.6) is 0 Å². The number of hydrogen-bond donors (Lipinski definition) is 3. The van der Waals surface area contributed by atoms with E-state index in [2.05, 4.69) is 4.98 Å². The van der Waals surface area contributed by atoms with Crippen molar-refractivity contribution in [2.45, 2.75) is 25.2 Å². The van der Waals surface area contributed by atoms with Crippen LogP contribution in [0.1, 0.15) is 18.6 Å². The highest BCUT2D eigenvalue weighted by Crippen LogP contribution is 2.26. The van der Waals surface area contributed by atoms with Gasteiger partial charge < -0.3 is 20.2 Å². The first kappa shape index (κ1) is 11.3. The number of aliphatic hydroxyl groups excluding tert-OH is 3. The van der Waals surface area contributed by atoms with Gasteiger partial charge in [0, 0.05) is 24.8 Å². The Labute approximate surface area is 94.0 Å². The summed E-state index contributed by atoms with van der Waals surface area (Å²) in [6.07, 6.45) is -0.468. The van der Waals surface area contributed by atoms with E-state index < -0.39 is 18.3 Å². The van der Waals surface area contributed by atoms with Crippen molar-refractivity contribution in [3.05, 3.63) is 23.9 Å². The number of anilines is 1. The molecule has 2 heterocycles. The van der Waals surface area contributed by atoms with Gasteiger partial charge in [-0.15, -0.1) is 0 Å². The Balaban J connectivity index is 2.27. The van der Waals surface area contributed by atoms with Crippen molar-refractivity contribution < 1.29 is 15.3 Å². The third kappa shape index (κ3) is 2.02. The maximum Gasteiger partial charge on any atom is 0.134 e.